The molecule has 0 fully saturated rings. The van der Waals surface area contributed by atoms with Crippen molar-refractivity contribution in [3.05, 3.63) is 174 Å². The average molecular weight is 693 g/mol. The van der Waals surface area contributed by atoms with Crippen LogP contribution >= 0.6 is 22.7 Å². The van der Waals surface area contributed by atoms with Crippen LogP contribution in [0.15, 0.2) is 157 Å². The van der Waals surface area contributed by atoms with E-state index in [0.717, 1.165) is 51.8 Å². The Bertz CT molecular complexity index is 2720. The van der Waals surface area contributed by atoms with Gasteiger partial charge in [0, 0.05) is 52.4 Å². The third kappa shape index (κ3) is 5.13. The highest BCUT2D eigenvalue weighted by atomic mass is 32.1. The van der Waals surface area contributed by atoms with Crippen molar-refractivity contribution in [1.82, 2.24) is 15.3 Å². The molecular weight excluding hydrogens is 661 g/mol. The summed E-state index contributed by atoms with van der Waals surface area (Å²) in [4.78, 5) is 17.1. The molecule has 0 saturated carbocycles. The van der Waals surface area contributed by atoms with Crippen molar-refractivity contribution in [2.75, 3.05) is 0 Å². The number of fused-ring (bicyclic) bond motifs is 6. The molecule has 244 valence electrons. The average Bonchev–Trinajstić information content (AvgIpc) is 3.76. The molecule has 4 heterocycles. The van der Waals surface area contributed by atoms with Gasteiger partial charge < -0.3 is 5.32 Å². The Morgan fingerprint density at radius 3 is 2.24 bits per heavy atom. The molecule has 2 atom stereocenters. The van der Waals surface area contributed by atoms with Gasteiger partial charge >= 0.3 is 0 Å². The molecule has 6 heteroatoms. The Hall–Kier alpha value is -5.69. The molecule has 1 aliphatic carbocycles. The minimum absolute atomic E-state index is 0.00251. The zero-order valence-corrected chi connectivity index (χ0v) is 29.5. The van der Waals surface area contributed by atoms with E-state index in [-0.39, 0.29) is 11.5 Å². The molecular formula is C45H32N4S2. The van der Waals surface area contributed by atoms with Crippen molar-refractivity contribution in [2.24, 2.45) is 4.99 Å². The number of aliphatic imine (C=N–C) groups is 1. The molecule has 2 unspecified atom stereocenters. The van der Waals surface area contributed by atoms with Gasteiger partial charge in [0.15, 0.2) is 0 Å². The predicted octanol–water partition coefficient (Wildman–Crippen LogP) is 11.9. The summed E-state index contributed by atoms with van der Waals surface area (Å²) in [6.07, 6.45) is 9.51. The molecule has 10 rings (SSSR count). The lowest BCUT2D eigenvalue weighted by Crippen LogP contribution is -2.32. The molecule has 0 saturated heterocycles. The maximum atomic E-state index is 5.40. The van der Waals surface area contributed by atoms with Crippen LogP contribution in [0.1, 0.15) is 41.2 Å². The van der Waals surface area contributed by atoms with Gasteiger partial charge in [-0.25, -0.2) is 15.0 Å². The topological polar surface area (TPSA) is 50.2 Å². The van der Waals surface area contributed by atoms with Crippen LogP contribution in [0, 0.1) is 0 Å². The molecule has 51 heavy (non-hydrogen) atoms. The summed E-state index contributed by atoms with van der Waals surface area (Å²) in [6, 6.07) is 45.3. The predicted molar refractivity (Wildman–Crippen MR) is 215 cm³/mol. The third-order valence-corrected chi connectivity index (χ3v) is 12.5. The van der Waals surface area contributed by atoms with Crippen molar-refractivity contribution < 1.29 is 0 Å². The molecule has 4 nitrogen and oxygen atoms in total. The van der Waals surface area contributed by atoms with Gasteiger partial charge in [-0.3, -0.25) is 0 Å². The van der Waals surface area contributed by atoms with Gasteiger partial charge in [0.2, 0.25) is 0 Å². The minimum atomic E-state index is -0.286. The molecule has 0 bridgehead atoms. The zero-order chi connectivity index (χ0) is 33.9. The first kappa shape index (κ1) is 30.2. The van der Waals surface area contributed by atoms with E-state index in [1.54, 1.807) is 0 Å². The highest BCUT2D eigenvalue weighted by Crippen LogP contribution is 2.47. The number of nitrogens with zero attached hydrogens (tertiary/aromatic N) is 3. The molecule has 1 N–H and O–H groups in total. The normalized spacial score (nSPS) is 18.2. The van der Waals surface area contributed by atoms with E-state index in [0.29, 0.717) is 0 Å². The molecule has 3 aromatic heterocycles. The lowest BCUT2D eigenvalue weighted by Gasteiger charge is -2.26. The van der Waals surface area contributed by atoms with E-state index in [9.17, 15) is 0 Å². The van der Waals surface area contributed by atoms with E-state index in [1.165, 1.54) is 40.7 Å². The van der Waals surface area contributed by atoms with E-state index in [4.69, 9.17) is 15.0 Å². The van der Waals surface area contributed by atoms with E-state index >= 15 is 0 Å². The monoisotopic (exact) mass is 692 g/mol. The van der Waals surface area contributed by atoms with Crippen LogP contribution in [0.4, 0.5) is 5.69 Å². The molecule has 0 amide bonds. The van der Waals surface area contributed by atoms with Gasteiger partial charge in [-0.05, 0) is 49.2 Å². The summed E-state index contributed by atoms with van der Waals surface area (Å²) in [5.74, 6) is 1.73. The standard InChI is InChI=1S/C45H32N4S2/c1-45(24-11-4-12-25-45)44-46-34(28-14-5-2-6-15-28)27-35(47-44)30-22-23-37-33(26-30)39-32(19-13-21-38(39)50-37)43-48-40(29-16-7-3-8-17-29)42-41(49-43)31-18-9-10-20-36(31)51-42/h2-24,26-27,40H,25H2,1H3,(H,48,49). The summed E-state index contributed by atoms with van der Waals surface area (Å²) in [5.41, 5.74) is 7.13. The Morgan fingerprint density at radius 2 is 1.41 bits per heavy atom. The largest absolute Gasteiger partial charge is 0.358 e. The van der Waals surface area contributed by atoms with Gasteiger partial charge in [0.1, 0.15) is 11.7 Å². The van der Waals surface area contributed by atoms with Crippen molar-refractivity contribution >= 4 is 64.5 Å². The van der Waals surface area contributed by atoms with E-state index in [2.05, 4.69) is 158 Å². The maximum absolute atomic E-state index is 5.40. The Labute approximate surface area is 304 Å². The molecule has 5 aromatic carbocycles. The van der Waals surface area contributed by atoms with Crippen LogP contribution < -0.4 is 5.32 Å². The number of benzene rings is 5. The fourth-order valence-corrected chi connectivity index (χ4v) is 9.75. The lowest BCUT2D eigenvalue weighted by atomic mass is 9.82. The second-order valence-electron chi connectivity index (χ2n) is 13.5. The van der Waals surface area contributed by atoms with Crippen LogP contribution in [-0.4, -0.2) is 15.8 Å². The zero-order valence-electron chi connectivity index (χ0n) is 27.9. The van der Waals surface area contributed by atoms with Crippen LogP contribution in [-0.2, 0) is 5.41 Å². The molecule has 2 aliphatic rings. The molecule has 0 spiro atoms. The van der Waals surface area contributed by atoms with E-state index in [1.807, 2.05) is 28.7 Å². The summed E-state index contributed by atoms with van der Waals surface area (Å²) in [7, 11) is 0. The van der Waals surface area contributed by atoms with Crippen LogP contribution in [0.5, 0.6) is 0 Å². The van der Waals surface area contributed by atoms with E-state index < -0.39 is 0 Å². The van der Waals surface area contributed by atoms with Crippen LogP contribution in [0.3, 0.4) is 0 Å². The van der Waals surface area contributed by atoms with Gasteiger partial charge in [-0.1, -0.05) is 121 Å². The minimum Gasteiger partial charge on any atom is -0.358 e. The Kier molecular flexibility index (Phi) is 7.08. The summed E-state index contributed by atoms with van der Waals surface area (Å²) in [5, 5.41) is 7.52. The van der Waals surface area contributed by atoms with Crippen molar-refractivity contribution in [1.29, 1.82) is 0 Å². The maximum Gasteiger partial charge on any atom is 0.139 e. The number of aromatic nitrogens is 2. The Morgan fingerprint density at radius 1 is 0.667 bits per heavy atom. The lowest BCUT2D eigenvalue weighted by molar-refractivity contribution is 0.557. The van der Waals surface area contributed by atoms with Crippen molar-refractivity contribution in [3.8, 4) is 22.5 Å². The van der Waals surface area contributed by atoms with Crippen molar-refractivity contribution in [3.63, 3.8) is 0 Å². The summed E-state index contributed by atoms with van der Waals surface area (Å²) >= 11 is 3.66. The smallest absolute Gasteiger partial charge is 0.139 e. The number of hydrogen-bond acceptors (Lipinski definition) is 6. The number of amidine groups is 1. The second kappa shape index (κ2) is 12.0. The highest BCUT2D eigenvalue weighted by molar-refractivity contribution is 7.26. The first-order chi connectivity index (χ1) is 25.1. The van der Waals surface area contributed by atoms with Gasteiger partial charge in [-0.15, -0.1) is 22.7 Å². The van der Waals surface area contributed by atoms with Crippen LogP contribution in [0.25, 0.3) is 52.8 Å². The first-order valence-corrected chi connectivity index (χ1v) is 18.9. The summed E-state index contributed by atoms with van der Waals surface area (Å²) in [6.45, 7) is 2.23. The Balaban J connectivity index is 1.16. The summed E-state index contributed by atoms with van der Waals surface area (Å²) < 4.78 is 3.73. The van der Waals surface area contributed by atoms with Gasteiger partial charge in [0.05, 0.1) is 28.0 Å². The van der Waals surface area contributed by atoms with Crippen LogP contribution in [0.2, 0.25) is 0 Å². The SMILES string of the molecule is CC1(c2nc(-c3ccccc3)cc(-c3ccc4sc5cccc(C6=Nc7c(sc8ccccc78)C(c7ccccc7)N6)c5c4c3)n2)C=CC=CC1. The van der Waals surface area contributed by atoms with Gasteiger partial charge in [-0.2, -0.15) is 0 Å². The number of rotatable bonds is 5. The second-order valence-corrected chi connectivity index (χ2v) is 15.7. The first-order valence-electron chi connectivity index (χ1n) is 17.3. The molecule has 1 aliphatic heterocycles. The number of allylic oxidation sites excluding steroid dienone is 4. The third-order valence-electron chi connectivity index (χ3n) is 10.1. The fourth-order valence-electron chi connectivity index (χ4n) is 7.41. The highest BCUT2D eigenvalue weighted by Gasteiger charge is 2.30. The fraction of sp³-hybridized carbons (Fsp3) is 0.0889. The molecule has 0 radical (unpaired) electrons. The number of thiophene rings is 2. The number of hydrogen-bond donors (Lipinski definition) is 1. The van der Waals surface area contributed by atoms with Crippen molar-refractivity contribution in [2.45, 2.75) is 24.8 Å². The van der Waals surface area contributed by atoms with Gasteiger partial charge in [0.25, 0.3) is 0 Å². The number of nitrogens with one attached hydrogen (secondary N) is 1. The quantitative estimate of drug-likeness (QED) is 0.195. The molecule has 8 aromatic rings.